The van der Waals surface area contributed by atoms with E-state index in [1.807, 2.05) is 0 Å². The minimum absolute atomic E-state index is 0.245. The Labute approximate surface area is 107 Å². The number of nitrogens with two attached hydrogens (primary N) is 1. The van der Waals surface area contributed by atoms with E-state index < -0.39 is 12.0 Å². The lowest BCUT2D eigenvalue weighted by Gasteiger charge is -2.15. The zero-order valence-electron chi connectivity index (χ0n) is 9.80. The largest absolute Gasteiger partial charge is 0.451 e. The first-order valence-electron chi connectivity index (χ1n) is 5.51. The fourth-order valence-electron chi connectivity index (χ4n) is 1.72. The maximum atomic E-state index is 12.4. The standard InChI is InChI=1S/C12H11F3N4/c13-12(14,15)11-18-6-9(7-19-11)10(5-16)8-1-3-17-4-2-8/h1-4,6-7,10H,5,16H2/t10-/m0/s1. The molecule has 2 rings (SSSR count). The van der Waals surface area contributed by atoms with Crippen molar-refractivity contribution in [2.45, 2.75) is 12.1 Å². The molecular weight excluding hydrogens is 257 g/mol. The fourth-order valence-corrected chi connectivity index (χ4v) is 1.72. The van der Waals surface area contributed by atoms with E-state index in [2.05, 4.69) is 15.0 Å². The summed E-state index contributed by atoms with van der Waals surface area (Å²) in [5.74, 6) is -1.40. The summed E-state index contributed by atoms with van der Waals surface area (Å²) in [7, 11) is 0. The molecule has 0 fully saturated rings. The van der Waals surface area contributed by atoms with Crippen LogP contribution in [-0.4, -0.2) is 21.5 Å². The average molecular weight is 268 g/mol. The molecule has 0 saturated carbocycles. The highest BCUT2D eigenvalue weighted by molar-refractivity contribution is 5.28. The summed E-state index contributed by atoms with van der Waals surface area (Å²) in [6.45, 7) is 0.249. The first kappa shape index (κ1) is 13.4. The molecule has 0 saturated heterocycles. The van der Waals surface area contributed by atoms with Crippen molar-refractivity contribution < 1.29 is 13.2 Å². The summed E-state index contributed by atoms with van der Waals surface area (Å²) in [4.78, 5) is 10.6. The van der Waals surface area contributed by atoms with Crippen molar-refractivity contribution in [2.75, 3.05) is 6.54 Å². The van der Waals surface area contributed by atoms with E-state index in [0.29, 0.717) is 5.56 Å². The van der Waals surface area contributed by atoms with Crippen LogP contribution in [0.4, 0.5) is 13.2 Å². The SMILES string of the molecule is NC[C@@H](c1ccncc1)c1cnc(C(F)(F)F)nc1. The summed E-state index contributed by atoms with van der Waals surface area (Å²) < 4.78 is 37.1. The predicted octanol–water partition coefficient (Wildman–Crippen LogP) is 1.98. The van der Waals surface area contributed by atoms with E-state index in [1.165, 1.54) is 0 Å². The molecule has 7 heteroatoms. The molecule has 2 heterocycles. The van der Waals surface area contributed by atoms with Gasteiger partial charge in [-0.3, -0.25) is 4.98 Å². The van der Waals surface area contributed by atoms with Gasteiger partial charge in [-0.05, 0) is 23.3 Å². The van der Waals surface area contributed by atoms with Gasteiger partial charge in [-0.1, -0.05) is 0 Å². The third kappa shape index (κ3) is 3.05. The smallest absolute Gasteiger partial charge is 0.330 e. The molecule has 0 unspecified atom stereocenters. The number of rotatable bonds is 3. The second-order valence-electron chi connectivity index (χ2n) is 3.91. The van der Waals surface area contributed by atoms with Gasteiger partial charge >= 0.3 is 6.18 Å². The van der Waals surface area contributed by atoms with E-state index in [1.54, 1.807) is 24.5 Å². The van der Waals surface area contributed by atoms with E-state index in [-0.39, 0.29) is 12.5 Å². The normalized spacial score (nSPS) is 13.3. The van der Waals surface area contributed by atoms with Crippen molar-refractivity contribution in [1.82, 2.24) is 15.0 Å². The van der Waals surface area contributed by atoms with Gasteiger partial charge in [0, 0.05) is 37.3 Å². The first-order chi connectivity index (χ1) is 9.02. The molecule has 0 aliphatic carbocycles. The number of alkyl halides is 3. The van der Waals surface area contributed by atoms with Crippen LogP contribution in [0.3, 0.4) is 0 Å². The van der Waals surface area contributed by atoms with E-state index in [0.717, 1.165) is 18.0 Å². The summed E-state index contributed by atoms with van der Waals surface area (Å²) in [6.07, 6.45) is 0.987. The molecule has 0 bridgehead atoms. The highest BCUT2D eigenvalue weighted by Gasteiger charge is 2.34. The van der Waals surface area contributed by atoms with Crippen LogP contribution in [0.1, 0.15) is 22.9 Å². The number of hydrogen-bond donors (Lipinski definition) is 1. The summed E-state index contributed by atoms with van der Waals surface area (Å²) in [6, 6.07) is 3.52. The Kier molecular flexibility index (Phi) is 3.75. The summed E-state index contributed by atoms with van der Waals surface area (Å²) >= 11 is 0. The quantitative estimate of drug-likeness (QED) is 0.924. The van der Waals surface area contributed by atoms with Gasteiger partial charge in [0.25, 0.3) is 0 Å². The third-order valence-electron chi connectivity index (χ3n) is 2.67. The Balaban J connectivity index is 2.30. The van der Waals surface area contributed by atoms with Crippen molar-refractivity contribution in [2.24, 2.45) is 5.73 Å². The second-order valence-corrected chi connectivity index (χ2v) is 3.91. The fraction of sp³-hybridized carbons (Fsp3) is 0.250. The summed E-state index contributed by atoms with van der Waals surface area (Å²) in [5.41, 5.74) is 7.07. The molecule has 0 amide bonds. The minimum Gasteiger partial charge on any atom is -0.330 e. The molecule has 2 aromatic rings. The molecule has 0 aliphatic rings. The van der Waals surface area contributed by atoms with Crippen LogP contribution in [0, 0.1) is 0 Å². The molecule has 2 N–H and O–H groups in total. The van der Waals surface area contributed by atoms with Gasteiger partial charge in [0.15, 0.2) is 0 Å². The van der Waals surface area contributed by atoms with Crippen LogP contribution in [0.25, 0.3) is 0 Å². The Morgan fingerprint density at radius 2 is 1.63 bits per heavy atom. The van der Waals surface area contributed by atoms with Gasteiger partial charge < -0.3 is 5.73 Å². The monoisotopic (exact) mass is 268 g/mol. The lowest BCUT2D eigenvalue weighted by Crippen LogP contribution is -2.16. The molecule has 0 aliphatic heterocycles. The Morgan fingerprint density at radius 1 is 1.05 bits per heavy atom. The highest BCUT2D eigenvalue weighted by atomic mass is 19.4. The van der Waals surface area contributed by atoms with Gasteiger partial charge in [0.05, 0.1) is 0 Å². The molecule has 0 spiro atoms. The molecule has 1 atom stereocenters. The van der Waals surface area contributed by atoms with Crippen molar-refractivity contribution in [3.05, 3.63) is 53.9 Å². The van der Waals surface area contributed by atoms with Gasteiger partial charge in [-0.2, -0.15) is 13.2 Å². The van der Waals surface area contributed by atoms with E-state index in [4.69, 9.17) is 5.73 Å². The lowest BCUT2D eigenvalue weighted by molar-refractivity contribution is -0.145. The Morgan fingerprint density at radius 3 is 2.11 bits per heavy atom. The molecule has 0 aromatic carbocycles. The number of aromatic nitrogens is 3. The molecule has 0 radical (unpaired) electrons. The average Bonchev–Trinajstić information content (AvgIpc) is 2.40. The van der Waals surface area contributed by atoms with E-state index in [9.17, 15) is 13.2 Å². The number of pyridine rings is 1. The zero-order chi connectivity index (χ0) is 13.9. The molecule has 100 valence electrons. The summed E-state index contributed by atoms with van der Waals surface area (Å²) in [5, 5.41) is 0. The topological polar surface area (TPSA) is 64.7 Å². The second kappa shape index (κ2) is 5.31. The Bertz CT molecular complexity index is 525. The number of hydrogen-bond acceptors (Lipinski definition) is 4. The van der Waals surface area contributed by atoms with Gasteiger partial charge in [0.1, 0.15) is 0 Å². The van der Waals surface area contributed by atoms with Crippen molar-refractivity contribution in [3.63, 3.8) is 0 Å². The third-order valence-corrected chi connectivity index (χ3v) is 2.67. The van der Waals surface area contributed by atoms with Gasteiger partial charge in [-0.15, -0.1) is 0 Å². The predicted molar refractivity (Wildman–Crippen MR) is 62.2 cm³/mol. The van der Waals surface area contributed by atoms with Crippen LogP contribution >= 0.6 is 0 Å². The van der Waals surface area contributed by atoms with Gasteiger partial charge in [-0.25, -0.2) is 9.97 Å². The van der Waals surface area contributed by atoms with Crippen molar-refractivity contribution in [3.8, 4) is 0 Å². The number of halogens is 3. The molecular formula is C12H11F3N4. The molecule has 4 nitrogen and oxygen atoms in total. The lowest BCUT2D eigenvalue weighted by atomic mass is 9.94. The molecule has 2 aromatic heterocycles. The maximum Gasteiger partial charge on any atom is 0.451 e. The van der Waals surface area contributed by atoms with Crippen molar-refractivity contribution in [1.29, 1.82) is 0 Å². The van der Waals surface area contributed by atoms with Crippen LogP contribution in [0.2, 0.25) is 0 Å². The first-order valence-corrected chi connectivity index (χ1v) is 5.51. The van der Waals surface area contributed by atoms with Crippen LogP contribution in [0.5, 0.6) is 0 Å². The van der Waals surface area contributed by atoms with Crippen LogP contribution < -0.4 is 5.73 Å². The van der Waals surface area contributed by atoms with Gasteiger partial charge in [0.2, 0.25) is 5.82 Å². The van der Waals surface area contributed by atoms with Crippen LogP contribution in [0.15, 0.2) is 36.9 Å². The Hall–Kier alpha value is -2.02. The highest BCUT2D eigenvalue weighted by Crippen LogP contribution is 2.27. The van der Waals surface area contributed by atoms with Crippen LogP contribution in [-0.2, 0) is 6.18 Å². The zero-order valence-corrected chi connectivity index (χ0v) is 9.80. The van der Waals surface area contributed by atoms with E-state index >= 15 is 0 Å². The van der Waals surface area contributed by atoms with Crippen molar-refractivity contribution >= 4 is 0 Å². The number of nitrogens with zero attached hydrogens (tertiary/aromatic N) is 3. The maximum absolute atomic E-state index is 12.4. The minimum atomic E-state index is -4.53. The molecule has 19 heavy (non-hydrogen) atoms.